The van der Waals surface area contributed by atoms with E-state index in [4.69, 9.17) is 10.9 Å². The Morgan fingerprint density at radius 2 is 2.16 bits per heavy atom. The van der Waals surface area contributed by atoms with Gasteiger partial charge >= 0.3 is 0 Å². The van der Waals surface area contributed by atoms with Crippen molar-refractivity contribution < 1.29 is 13.5 Å². The van der Waals surface area contributed by atoms with Gasteiger partial charge in [-0.15, -0.1) is 0 Å². The summed E-state index contributed by atoms with van der Waals surface area (Å²) in [6.07, 6.45) is 3.58. The van der Waals surface area contributed by atoms with Gasteiger partial charge in [0.05, 0.1) is 4.90 Å². The lowest BCUT2D eigenvalue weighted by atomic mass is 10.2. The van der Waals surface area contributed by atoms with Crippen molar-refractivity contribution in [3.05, 3.63) is 18.3 Å². The molecule has 1 rings (SSSR count). The average Bonchev–Trinajstić information content (AvgIpc) is 2.43. The Bertz CT molecular complexity index is 492. The first-order valence-electron chi connectivity index (χ1n) is 6.02. The van der Waals surface area contributed by atoms with Crippen LogP contribution >= 0.6 is 0 Å². The van der Waals surface area contributed by atoms with Crippen LogP contribution in [0.25, 0.3) is 0 Å². The van der Waals surface area contributed by atoms with E-state index in [1.807, 2.05) is 0 Å². The van der Waals surface area contributed by atoms with Crippen LogP contribution in [0.4, 0.5) is 5.82 Å². The number of hydrogen-bond donors (Lipinski definition) is 3. The Labute approximate surface area is 113 Å². The zero-order valence-electron chi connectivity index (χ0n) is 10.9. The molecule has 0 spiro atoms. The Hall–Kier alpha value is -1.22. The Morgan fingerprint density at radius 3 is 2.79 bits per heavy atom. The fourth-order valence-corrected chi connectivity index (χ4v) is 2.80. The third kappa shape index (κ3) is 4.43. The molecule has 1 heterocycles. The molecule has 0 aromatic carbocycles. The predicted octanol–water partition coefficient (Wildman–Crippen LogP) is 0.150. The van der Waals surface area contributed by atoms with Gasteiger partial charge < -0.3 is 10.5 Å². The molecule has 1 aromatic rings. The molecule has 0 saturated carbocycles. The first-order valence-corrected chi connectivity index (χ1v) is 7.46. The molecule has 108 valence electrons. The van der Waals surface area contributed by atoms with E-state index in [1.165, 1.54) is 29.7 Å². The topological polar surface area (TPSA) is 109 Å². The maximum atomic E-state index is 12.2. The first-order chi connectivity index (χ1) is 9.02. The van der Waals surface area contributed by atoms with Gasteiger partial charge in [-0.1, -0.05) is 0 Å². The quantitative estimate of drug-likeness (QED) is 0.357. The van der Waals surface area contributed by atoms with Gasteiger partial charge in [0.1, 0.15) is 5.82 Å². The molecule has 0 atom stereocenters. The highest BCUT2D eigenvalue weighted by Gasteiger charge is 2.20. The normalized spacial score (nSPS) is 11.8. The zero-order valence-corrected chi connectivity index (χ0v) is 11.7. The van der Waals surface area contributed by atoms with E-state index in [2.05, 4.69) is 10.4 Å². The molecule has 0 unspecified atom stereocenters. The number of anilines is 1. The van der Waals surface area contributed by atoms with Crippen molar-refractivity contribution in [1.29, 1.82) is 0 Å². The Morgan fingerprint density at radius 1 is 1.42 bits per heavy atom. The van der Waals surface area contributed by atoms with Crippen LogP contribution in [-0.2, 0) is 10.0 Å². The summed E-state index contributed by atoms with van der Waals surface area (Å²) in [6, 6.07) is 2.82. The summed E-state index contributed by atoms with van der Waals surface area (Å²) in [7, 11) is -1.99. The second kappa shape index (κ2) is 7.39. The van der Waals surface area contributed by atoms with E-state index >= 15 is 0 Å². The van der Waals surface area contributed by atoms with Crippen LogP contribution in [0.3, 0.4) is 0 Å². The minimum Gasteiger partial charge on any atom is -0.396 e. The fourth-order valence-electron chi connectivity index (χ4n) is 1.57. The lowest BCUT2D eigenvalue weighted by molar-refractivity contribution is 0.281. The fraction of sp³-hybridized carbons (Fsp3) is 0.545. The second-order valence-corrected chi connectivity index (χ2v) is 6.18. The van der Waals surface area contributed by atoms with Crippen LogP contribution in [-0.4, -0.2) is 43.0 Å². The van der Waals surface area contributed by atoms with Crippen LogP contribution in [0.5, 0.6) is 0 Å². The summed E-state index contributed by atoms with van der Waals surface area (Å²) >= 11 is 0. The monoisotopic (exact) mass is 288 g/mol. The van der Waals surface area contributed by atoms with Crippen LogP contribution in [0.2, 0.25) is 0 Å². The highest BCUT2D eigenvalue weighted by Crippen LogP contribution is 2.16. The Kier molecular flexibility index (Phi) is 6.16. The number of nitrogens with zero attached hydrogens (tertiary/aromatic N) is 2. The van der Waals surface area contributed by atoms with Gasteiger partial charge in [-0.3, -0.25) is 0 Å². The molecule has 4 N–H and O–H groups in total. The number of aromatic nitrogens is 1. The maximum Gasteiger partial charge on any atom is 0.243 e. The van der Waals surface area contributed by atoms with Crippen LogP contribution in [0.1, 0.15) is 19.3 Å². The van der Waals surface area contributed by atoms with Crippen molar-refractivity contribution in [3.63, 3.8) is 0 Å². The lowest BCUT2D eigenvalue weighted by Gasteiger charge is -2.17. The summed E-state index contributed by atoms with van der Waals surface area (Å²) in [6.45, 7) is 0.544. The lowest BCUT2D eigenvalue weighted by Crippen LogP contribution is -2.28. The third-order valence-corrected chi connectivity index (χ3v) is 4.57. The standard InChI is InChI=1S/C11H20N4O3S/c1-15(7-3-2-4-8-16)19(17,18)10-5-6-13-11(9-10)14-12/h5-6,9,16H,2-4,7-8,12H2,1H3,(H,13,14). The largest absolute Gasteiger partial charge is 0.396 e. The van der Waals surface area contributed by atoms with E-state index in [0.717, 1.165) is 6.42 Å². The van der Waals surface area contributed by atoms with Crippen molar-refractivity contribution in [2.45, 2.75) is 24.2 Å². The molecule has 7 nitrogen and oxygen atoms in total. The van der Waals surface area contributed by atoms with Gasteiger partial charge in [0, 0.05) is 32.5 Å². The van der Waals surface area contributed by atoms with Crippen molar-refractivity contribution in [1.82, 2.24) is 9.29 Å². The number of unbranched alkanes of at least 4 members (excludes halogenated alkanes) is 2. The van der Waals surface area contributed by atoms with Gasteiger partial charge in [0.25, 0.3) is 0 Å². The van der Waals surface area contributed by atoms with Crippen LogP contribution in [0, 0.1) is 0 Å². The number of hydrazine groups is 1. The molecule has 0 fully saturated rings. The van der Waals surface area contributed by atoms with Crippen molar-refractivity contribution >= 4 is 15.8 Å². The molecule has 0 aliphatic carbocycles. The molecule has 0 bridgehead atoms. The Balaban J connectivity index is 2.73. The number of nitrogens with two attached hydrogens (primary N) is 1. The number of sulfonamides is 1. The number of hydrogen-bond acceptors (Lipinski definition) is 6. The van der Waals surface area contributed by atoms with Crippen LogP contribution < -0.4 is 11.3 Å². The van der Waals surface area contributed by atoms with Gasteiger partial charge in [-0.25, -0.2) is 23.5 Å². The third-order valence-electron chi connectivity index (χ3n) is 2.72. The number of aliphatic hydroxyl groups is 1. The number of rotatable bonds is 8. The van der Waals surface area contributed by atoms with E-state index in [9.17, 15) is 8.42 Å². The smallest absolute Gasteiger partial charge is 0.243 e. The molecular formula is C11H20N4O3S. The van der Waals surface area contributed by atoms with Crippen molar-refractivity contribution in [3.8, 4) is 0 Å². The average molecular weight is 288 g/mol. The molecule has 0 aliphatic rings. The molecule has 0 saturated heterocycles. The van der Waals surface area contributed by atoms with Crippen molar-refractivity contribution in [2.75, 3.05) is 25.6 Å². The van der Waals surface area contributed by atoms with E-state index in [-0.39, 0.29) is 11.5 Å². The predicted molar refractivity (Wildman–Crippen MR) is 72.8 cm³/mol. The zero-order chi connectivity index (χ0) is 14.3. The molecule has 1 aromatic heterocycles. The van der Waals surface area contributed by atoms with Crippen molar-refractivity contribution in [2.24, 2.45) is 5.84 Å². The highest BCUT2D eigenvalue weighted by molar-refractivity contribution is 7.89. The first kappa shape index (κ1) is 15.8. The summed E-state index contributed by atoms with van der Waals surface area (Å²) in [5.41, 5.74) is 2.32. The minimum absolute atomic E-state index is 0.131. The van der Waals surface area contributed by atoms with E-state index in [0.29, 0.717) is 25.2 Å². The number of pyridine rings is 1. The van der Waals surface area contributed by atoms with Gasteiger partial charge in [0.15, 0.2) is 0 Å². The molecule has 8 heteroatoms. The second-order valence-electron chi connectivity index (χ2n) is 4.13. The SMILES string of the molecule is CN(CCCCCO)S(=O)(=O)c1ccnc(NN)c1. The molecular weight excluding hydrogens is 268 g/mol. The summed E-state index contributed by atoms with van der Waals surface area (Å²) in [4.78, 5) is 4.02. The summed E-state index contributed by atoms with van der Waals surface area (Å²) in [5, 5.41) is 8.67. The molecule has 0 radical (unpaired) electrons. The number of aliphatic hydroxyl groups excluding tert-OH is 1. The molecule has 0 aliphatic heterocycles. The minimum atomic E-state index is -3.52. The highest BCUT2D eigenvalue weighted by atomic mass is 32.2. The van der Waals surface area contributed by atoms with E-state index in [1.54, 1.807) is 0 Å². The molecule has 0 amide bonds. The van der Waals surface area contributed by atoms with Gasteiger partial charge in [-0.05, 0) is 25.3 Å². The number of nitrogens with one attached hydrogen (secondary N) is 1. The summed E-state index contributed by atoms with van der Waals surface area (Å²) < 4.78 is 25.8. The van der Waals surface area contributed by atoms with Gasteiger partial charge in [0.2, 0.25) is 10.0 Å². The maximum absolute atomic E-state index is 12.2. The van der Waals surface area contributed by atoms with Gasteiger partial charge in [-0.2, -0.15) is 0 Å². The summed E-state index contributed by atoms with van der Waals surface area (Å²) in [5.74, 6) is 5.51. The van der Waals surface area contributed by atoms with Crippen LogP contribution in [0.15, 0.2) is 23.2 Å². The van der Waals surface area contributed by atoms with E-state index < -0.39 is 10.0 Å². The molecule has 19 heavy (non-hydrogen) atoms. The number of nitrogen functional groups attached to an aromatic ring is 1.